The van der Waals surface area contributed by atoms with Crippen molar-refractivity contribution in [3.05, 3.63) is 70.7 Å². The van der Waals surface area contributed by atoms with E-state index in [0.29, 0.717) is 34.0 Å². The molecule has 0 aliphatic heterocycles. The number of carbonyl (C=O) groups is 2. The van der Waals surface area contributed by atoms with Gasteiger partial charge in [-0.05, 0) is 38.1 Å². The highest BCUT2D eigenvalue weighted by molar-refractivity contribution is 6.03. The van der Waals surface area contributed by atoms with Crippen LogP contribution in [0.1, 0.15) is 32.3 Å². The summed E-state index contributed by atoms with van der Waals surface area (Å²) in [7, 11) is 1.30. The largest absolute Gasteiger partial charge is 0.465 e. The zero-order valence-corrected chi connectivity index (χ0v) is 15.6. The number of aromatic nitrogens is 2. The summed E-state index contributed by atoms with van der Waals surface area (Å²) in [5, 5.41) is 13.5. The standard InChI is InChI=1S/C21H17N3O4/c1-13-10-14(2)24(23-13)20(25)15(12-22)11-16-8-9-19(28-16)17-6-4-5-7-18(17)21(26)27-3/h4-11H,1-3H3/b15-11+. The Hall–Kier alpha value is -3.92. The Morgan fingerprint density at radius 1 is 1.21 bits per heavy atom. The number of hydrogen-bond acceptors (Lipinski definition) is 6. The van der Waals surface area contributed by atoms with Gasteiger partial charge in [0.05, 0.1) is 18.4 Å². The van der Waals surface area contributed by atoms with Gasteiger partial charge in [-0.15, -0.1) is 0 Å². The van der Waals surface area contributed by atoms with E-state index in [1.54, 1.807) is 56.3 Å². The fraction of sp³-hybridized carbons (Fsp3) is 0.143. The second-order valence-electron chi connectivity index (χ2n) is 6.05. The van der Waals surface area contributed by atoms with E-state index in [9.17, 15) is 14.9 Å². The summed E-state index contributed by atoms with van der Waals surface area (Å²) in [6.07, 6.45) is 1.35. The van der Waals surface area contributed by atoms with Crippen molar-refractivity contribution in [3.63, 3.8) is 0 Å². The number of carbonyl (C=O) groups excluding carboxylic acids is 2. The summed E-state index contributed by atoms with van der Waals surface area (Å²) in [5.41, 5.74) is 2.11. The molecular formula is C21H17N3O4. The first-order valence-corrected chi connectivity index (χ1v) is 8.42. The van der Waals surface area contributed by atoms with Gasteiger partial charge in [0, 0.05) is 17.3 Å². The molecule has 0 fully saturated rings. The van der Waals surface area contributed by atoms with E-state index in [2.05, 4.69) is 5.10 Å². The predicted octanol–water partition coefficient (Wildman–Crippen LogP) is 3.79. The average molecular weight is 375 g/mol. The van der Waals surface area contributed by atoms with Gasteiger partial charge in [0.25, 0.3) is 5.91 Å². The lowest BCUT2D eigenvalue weighted by molar-refractivity contribution is 0.0601. The number of aryl methyl sites for hydroxylation is 2. The van der Waals surface area contributed by atoms with E-state index < -0.39 is 11.9 Å². The van der Waals surface area contributed by atoms with E-state index in [-0.39, 0.29) is 5.57 Å². The fourth-order valence-corrected chi connectivity index (χ4v) is 2.79. The van der Waals surface area contributed by atoms with Gasteiger partial charge < -0.3 is 9.15 Å². The molecule has 140 valence electrons. The van der Waals surface area contributed by atoms with Crippen LogP contribution in [-0.4, -0.2) is 28.8 Å². The second kappa shape index (κ2) is 7.76. The van der Waals surface area contributed by atoms with Gasteiger partial charge in [0.1, 0.15) is 23.2 Å². The van der Waals surface area contributed by atoms with Crippen LogP contribution in [0.15, 0.2) is 52.5 Å². The third-order valence-corrected chi connectivity index (χ3v) is 4.06. The molecule has 2 aromatic heterocycles. The molecule has 1 aromatic carbocycles. The summed E-state index contributed by atoms with van der Waals surface area (Å²) >= 11 is 0. The summed E-state index contributed by atoms with van der Waals surface area (Å²) in [5.74, 6) is -0.299. The SMILES string of the molecule is COC(=O)c1ccccc1-c1ccc(/C=C(\C#N)C(=O)n2nc(C)cc2C)o1. The number of allylic oxidation sites excluding steroid dienone is 1. The van der Waals surface area contributed by atoms with Crippen LogP contribution in [0.3, 0.4) is 0 Å². The maximum absolute atomic E-state index is 12.6. The number of ether oxygens (including phenoxy) is 1. The average Bonchev–Trinajstić information content (AvgIpc) is 3.30. The van der Waals surface area contributed by atoms with Gasteiger partial charge in [0.2, 0.25) is 0 Å². The molecule has 28 heavy (non-hydrogen) atoms. The minimum absolute atomic E-state index is 0.117. The Kier molecular flexibility index (Phi) is 5.23. The molecule has 7 nitrogen and oxygen atoms in total. The Labute approximate surface area is 161 Å². The van der Waals surface area contributed by atoms with Crippen molar-refractivity contribution < 1.29 is 18.7 Å². The molecule has 2 heterocycles. The second-order valence-corrected chi connectivity index (χ2v) is 6.05. The molecule has 0 unspecified atom stereocenters. The van der Waals surface area contributed by atoms with Gasteiger partial charge in [-0.3, -0.25) is 4.79 Å². The molecule has 0 amide bonds. The summed E-state index contributed by atoms with van der Waals surface area (Å²) in [6, 6.07) is 13.8. The van der Waals surface area contributed by atoms with E-state index >= 15 is 0 Å². The van der Waals surface area contributed by atoms with Crippen molar-refractivity contribution in [2.24, 2.45) is 0 Å². The van der Waals surface area contributed by atoms with Crippen LogP contribution in [0.5, 0.6) is 0 Å². The highest BCUT2D eigenvalue weighted by atomic mass is 16.5. The summed E-state index contributed by atoms with van der Waals surface area (Å²) in [6.45, 7) is 3.51. The van der Waals surface area contributed by atoms with Gasteiger partial charge in [0.15, 0.2) is 0 Å². The molecule has 0 aliphatic rings. The first-order chi connectivity index (χ1) is 13.4. The Balaban J connectivity index is 1.96. The zero-order chi connectivity index (χ0) is 20.3. The molecule has 0 radical (unpaired) electrons. The molecule has 7 heteroatoms. The monoisotopic (exact) mass is 375 g/mol. The summed E-state index contributed by atoms with van der Waals surface area (Å²) in [4.78, 5) is 24.5. The van der Waals surface area contributed by atoms with Crippen molar-refractivity contribution in [3.8, 4) is 17.4 Å². The molecule has 0 aliphatic carbocycles. The Morgan fingerprint density at radius 2 is 1.96 bits per heavy atom. The minimum atomic E-state index is -0.541. The molecule has 0 N–H and O–H groups in total. The van der Waals surface area contributed by atoms with Crippen molar-refractivity contribution in [1.29, 1.82) is 5.26 Å². The zero-order valence-electron chi connectivity index (χ0n) is 15.6. The molecule has 0 saturated heterocycles. The number of nitrogens with zero attached hydrogens (tertiary/aromatic N) is 3. The Bertz CT molecular complexity index is 1130. The lowest BCUT2D eigenvalue weighted by Gasteiger charge is -2.04. The van der Waals surface area contributed by atoms with Crippen LogP contribution in [0.25, 0.3) is 17.4 Å². The molecule has 0 spiro atoms. The van der Waals surface area contributed by atoms with Crippen LogP contribution in [0.4, 0.5) is 0 Å². The number of methoxy groups -OCH3 is 1. The van der Waals surface area contributed by atoms with Crippen molar-refractivity contribution in [1.82, 2.24) is 9.78 Å². The topological polar surface area (TPSA) is 98.1 Å². The van der Waals surface area contributed by atoms with E-state index in [1.165, 1.54) is 17.9 Å². The van der Waals surface area contributed by atoms with Crippen molar-refractivity contribution in [2.45, 2.75) is 13.8 Å². The van der Waals surface area contributed by atoms with Crippen LogP contribution in [-0.2, 0) is 4.74 Å². The van der Waals surface area contributed by atoms with E-state index in [4.69, 9.17) is 9.15 Å². The third-order valence-electron chi connectivity index (χ3n) is 4.06. The van der Waals surface area contributed by atoms with Gasteiger partial charge >= 0.3 is 5.97 Å². The van der Waals surface area contributed by atoms with Gasteiger partial charge in [-0.1, -0.05) is 18.2 Å². The van der Waals surface area contributed by atoms with Crippen LogP contribution < -0.4 is 0 Å². The smallest absolute Gasteiger partial charge is 0.338 e. The number of hydrogen-bond donors (Lipinski definition) is 0. The van der Waals surface area contributed by atoms with E-state index in [1.807, 2.05) is 6.07 Å². The lowest BCUT2D eigenvalue weighted by atomic mass is 10.1. The highest BCUT2D eigenvalue weighted by Gasteiger charge is 2.18. The third kappa shape index (κ3) is 3.62. The number of furan rings is 1. The molecule has 3 rings (SSSR count). The number of benzene rings is 1. The number of rotatable bonds is 4. The maximum atomic E-state index is 12.6. The molecule has 3 aromatic rings. The molecular weight excluding hydrogens is 358 g/mol. The number of nitriles is 1. The molecule has 0 bridgehead atoms. The van der Waals surface area contributed by atoms with Crippen LogP contribution >= 0.6 is 0 Å². The van der Waals surface area contributed by atoms with Gasteiger partial charge in [-0.25, -0.2) is 9.48 Å². The lowest BCUT2D eigenvalue weighted by Crippen LogP contribution is -2.15. The quantitative estimate of drug-likeness (QED) is 0.391. The molecule has 0 saturated carbocycles. The maximum Gasteiger partial charge on any atom is 0.338 e. The van der Waals surface area contributed by atoms with Crippen LogP contribution in [0.2, 0.25) is 0 Å². The van der Waals surface area contributed by atoms with Crippen LogP contribution in [0, 0.1) is 25.2 Å². The van der Waals surface area contributed by atoms with Gasteiger partial charge in [-0.2, -0.15) is 10.4 Å². The predicted molar refractivity (Wildman–Crippen MR) is 101 cm³/mol. The number of esters is 1. The van der Waals surface area contributed by atoms with Crippen molar-refractivity contribution in [2.75, 3.05) is 7.11 Å². The summed E-state index contributed by atoms with van der Waals surface area (Å²) < 4.78 is 11.7. The molecule has 0 atom stereocenters. The fourth-order valence-electron chi connectivity index (χ4n) is 2.79. The first-order valence-electron chi connectivity index (χ1n) is 8.42. The highest BCUT2D eigenvalue weighted by Crippen LogP contribution is 2.27. The first kappa shape index (κ1) is 18.9. The minimum Gasteiger partial charge on any atom is -0.465 e. The van der Waals surface area contributed by atoms with Crippen molar-refractivity contribution >= 4 is 18.0 Å². The normalized spacial score (nSPS) is 11.1. The Morgan fingerprint density at radius 3 is 2.61 bits per heavy atom. The van der Waals surface area contributed by atoms with E-state index in [0.717, 1.165) is 0 Å².